The molecule has 1 N–H and O–H groups in total. The van der Waals surface area contributed by atoms with Crippen molar-refractivity contribution in [2.24, 2.45) is 5.92 Å². The molecule has 18 heavy (non-hydrogen) atoms. The Balaban J connectivity index is 2.81. The maximum absolute atomic E-state index is 12.1. The molecule has 0 atom stereocenters. The van der Waals surface area contributed by atoms with Gasteiger partial charge in [-0.2, -0.15) is 0 Å². The number of carboxylic acids is 1. The van der Waals surface area contributed by atoms with Gasteiger partial charge < -0.3 is 10.0 Å². The summed E-state index contributed by atoms with van der Waals surface area (Å²) in [5.41, 5.74) is 0.754. The number of carboxylic acid groups (broad SMARTS) is 1. The van der Waals surface area contributed by atoms with E-state index in [-0.39, 0.29) is 24.8 Å². The standard InChI is InChI=1S/C14H19NO3/c1-11(2)10-13(16)15(9-8-14(17)18)12-6-4-3-5-7-12/h3-7,11H,8-10H2,1-2H3,(H,17,18). The van der Waals surface area contributed by atoms with E-state index < -0.39 is 5.97 Å². The van der Waals surface area contributed by atoms with Crippen LogP contribution in [-0.4, -0.2) is 23.5 Å². The average molecular weight is 249 g/mol. The van der Waals surface area contributed by atoms with Gasteiger partial charge in [-0.25, -0.2) is 0 Å². The van der Waals surface area contributed by atoms with Gasteiger partial charge in [0, 0.05) is 18.7 Å². The number of benzene rings is 1. The molecule has 4 nitrogen and oxygen atoms in total. The number of aliphatic carboxylic acids is 1. The molecule has 0 saturated heterocycles. The minimum absolute atomic E-state index is 0.0301. The van der Waals surface area contributed by atoms with E-state index in [0.717, 1.165) is 5.69 Å². The predicted molar refractivity (Wildman–Crippen MR) is 70.5 cm³/mol. The number of para-hydroxylation sites is 1. The van der Waals surface area contributed by atoms with Gasteiger partial charge in [-0.15, -0.1) is 0 Å². The Morgan fingerprint density at radius 1 is 1.22 bits per heavy atom. The summed E-state index contributed by atoms with van der Waals surface area (Å²) in [6, 6.07) is 9.18. The largest absolute Gasteiger partial charge is 0.481 e. The topological polar surface area (TPSA) is 57.6 Å². The number of hydrogen-bond acceptors (Lipinski definition) is 2. The van der Waals surface area contributed by atoms with Crippen molar-refractivity contribution in [2.45, 2.75) is 26.7 Å². The predicted octanol–water partition coefficient (Wildman–Crippen LogP) is 2.54. The number of amides is 1. The van der Waals surface area contributed by atoms with Crippen LogP contribution >= 0.6 is 0 Å². The molecule has 0 fully saturated rings. The smallest absolute Gasteiger partial charge is 0.305 e. The molecule has 0 saturated carbocycles. The summed E-state index contributed by atoms with van der Waals surface area (Å²) in [7, 11) is 0. The molecule has 0 aliphatic carbocycles. The number of nitrogens with zero attached hydrogens (tertiary/aromatic N) is 1. The maximum atomic E-state index is 12.1. The number of rotatable bonds is 6. The van der Waals surface area contributed by atoms with Crippen molar-refractivity contribution >= 4 is 17.6 Å². The zero-order valence-corrected chi connectivity index (χ0v) is 10.8. The van der Waals surface area contributed by atoms with E-state index >= 15 is 0 Å². The zero-order chi connectivity index (χ0) is 13.5. The molecule has 98 valence electrons. The van der Waals surface area contributed by atoms with Gasteiger partial charge in [0.15, 0.2) is 0 Å². The van der Waals surface area contributed by atoms with Gasteiger partial charge in [-0.1, -0.05) is 32.0 Å². The summed E-state index contributed by atoms with van der Waals surface area (Å²) >= 11 is 0. The van der Waals surface area contributed by atoms with Gasteiger partial charge >= 0.3 is 5.97 Å². The van der Waals surface area contributed by atoms with Gasteiger partial charge in [-0.3, -0.25) is 9.59 Å². The van der Waals surface area contributed by atoms with Crippen LogP contribution in [0.5, 0.6) is 0 Å². The highest BCUT2D eigenvalue weighted by Gasteiger charge is 2.17. The fourth-order valence-corrected chi connectivity index (χ4v) is 1.67. The van der Waals surface area contributed by atoms with Crippen LogP contribution in [0.4, 0.5) is 5.69 Å². The van der Waals surface area contributed by atoms with E-state index in [2.05, 4.69) is 0 Å². The molecule has 0 bridgehead atoms. The van der Waals surface area contributed by atoms with Crippen molar-refractivity contribution in [3.8, 4) is 0 Å². The quantitative estimate of drug-likeness (QED) is 0.842. The molecule has 0 spiro atoms. The molecule has 1 rings (SSSR count). The highest BCUT2D eigenvalue weighted by molar-refractivity contribution is 5.93. The lowest BCUT2D eigenvalue weighted by Gasteiger charge is -2.23. The van der Waals surface area contributed by atoms with Crippen LogP contribution < -0.4 is 4.90 Å². The van der Waals surface area contributed by atoms with Crippen LogP contribution in [-0.2, 0) is 9.59 Å². The summed E-state index contributed by atoms with van der Waals surface area (Å²) in [5, 5.41) is 8.73. The lowest BCUT2D eigenvalue weighted by Crippen LogP contribution is -2.33. The summed E-state index contributed by atoms with van der Waals surface area (Å²) in [4.78, 5) is 24.3. The fourth-order valence-electron chi connectivity index (χ4n) is 1.67. The van der Waals surface area contributed by atoms with Crippen LogP contribution in [0.1, 0.15) is 26.7 Å². The van der Waals surface area contributed by atoms with Gasteiger partial charge in [0.1, 0.15) is 0 Å². The molecule has 0 aliphatic heterocycles. The molecule has 0 aromatic heterocycles. The van der Waals surface area contributed by atoms with E-state index in [1.807, 2.05) is 44.2 Å². The van der Waals surface area contributed by atoms with Crippen molar-refractivity contribution < 1.29 is 14.7 Å². The van der Waals surface area contributed by atoms with E-state index in [9.17, 15) is 9.59 Å². The monoisotopic (exact) mass is 249 g/mol. The molecule has 1 aromatic carbocycles. The summed E-state index contributed by atoms with van der Waals surface area (Å²) in [6.45, 7) is 4.15. The molecule has 4 heteroatoms. The van der Waals surface area contributed by atoms with Gasteiger partial charge in [0.25, 0.3) is 0 Å². The second kappa shape index (κ2) is 6.79. The van der Waals surface area contributed by atoms with Gasteiger partial charge in [0.05, 0.1) is 6.42 Å². The first-order chi connectivity index (χ1) is 8.50. The minimum atomic E-state index is -0.895. The van der Waals surface area contributed by atoms with Crippen molar-refractivity contribution in [2.75, 3.05) is 11.4 Å². The van der Waals surface area contributed by atoms with Crippen LogP contribution in [0, 0.1) is 5.92 Å². The molecule has 1 amide bonds. The van der Waals surface area contributed by atoms with Crippen LogP contribution in [0.25, 0.3) is 0 Å². The Morgan fingerprint density at radius 3 is 2.33 bits per heavy atom. The summed E-state index contributed by atoms with van der Waals surface area (Å²) < 4.78 is 0. The van der Waals surface area contributed by atoms with Crippen molar-refractivity contribution in [3.63, 3.8) is 0 Å². The number of anilines is 1. The maximum Gasteiger partial charge on any atom is 0.305 e. The van der Waals surface area contributed by atoms with Gasteiger partial charge in [0.2, 0.25) is 5.91 Å². The third-order valence-electron chi connectivity index (χ3n) is 2.50. The first kappa shape index (κ1) is 14.2. The Bertz CT molecular complexity index is 401. The van der Waals surface area contributed by atoms with E-state index in [1.54, 1.807) is 4.90 Å². The normalized spacial score (nSPS) is 10.4. The Morgan fingerprint density at radius 2 is 1.83 bits per heavy atom. The van der Waals surface area contributed by atoms with Crippen LogP contribution in [0.15, 0.2) is 30.3 Å². The van der Waals surface area contributed by atoms with Crippen molar-refractivity contribution in [1.82, 2.24) is 0 Å². The second-order valence-corrected chi connectivity index (χ2v) is 4.62. The highest BCUT2D eigenvalue weighted by Crippen LogP contribution is 2.16. The fraction of sp³-hybridized carbons (Fsp3) is 0.429. The number of hydrogen-bond donors (Lipinski definition) is 1. The number of carbonyl (C=O) groups excluding carboxylic acids is 1. The zero-order valence-electron chi connectivity index (χ0n) is 10.8. The first-order valence-corrected chi connectivity index (χ1v) is 6.08. The minimum Gasteiger partial charge on any atom is -0.481 e. The molecular weight excluding hydrogens is 230 g/mol. The van der Waals surface area contributed by atoms with Crippen molar-refractivity contribution in [1.29, 1.82) is 0 Å². The van der Waals surface area contributed by atoms with Crippen molar-refractivity contribution in [3.05, 3.63) is 30.3 Å². The highest BCUT2D eigenvalue weighted by atomic mass is 16.4. The molecule has 1 aromatic rings. The summed E-state index contributed by atoms with van der Waals surface area (Å²) in [6.07, 6.45) is 0.382. The molecule has 0 heterocycles. The molecule has 0 unspecified atom stereocenters. The number of carbonyl (C=O) groups is 2. The average Bonchev–Trinajstić information content (AvgIpc) is 2.29. The Hall–Kier alpha value is -1.84. The Kier molecular flexibility index (Phi) is 5.36. The second-order valence-electron chi connectivity index (χ2n) is 4.62. The third-order valence-corrected chi connectivity index (χ3v) is 2.50. The third kappa shape index (κ3) is 4.57. The lowest BCUT2D eigenvalue weighted by molar-refractivity contribution is -0.136. The summed E-state index contributed by atoms with van der Waals surface area (Å²) in [5.74, 6) is -0.667. The molecule has 0 radical (unpaired) electrons. The SMILES string of the molecule is CC(C)CC(=O)N(CCC(=O)O)c1ccccc1. The van der Waals surface area contributed by atoms with E-state index in [0.29, 0.717) is 6.42 Å². The molecule has 0 aliphatic rings. The van der Waals surface area contributed by atoms with Gasteiger partial charge in [-0.05, 0) is 18.1 Å². The molecular formula is C14H19NO3. The van der Waals surface area contributed by atoms with E-state index in [4.69, 9.17) is 5.11 Å². The lowest BCUT2D eigenvalue weighted by atomic mass is 10.1. The first-order valence-electron chi connectivity index (χ1n) is 6.08. The van der Waals surface area contributed by atoms with Crippen LogP contribution in [0.2, 0.25) is 0 Å². The Labute approximate surface area is 107 Å². The van der Waals surface area contributed by atoms with Crippen LogP contribution in [0.3, 0.4) is 0 Å². The van der Waals surface area contributed by atoms with E-state index in [1.165, 1.54) is 0 Å².